The number of likely N-dealkylation sites (N-methyl/N-ethyl adjacent to an activating group) is 1. The Bertz CT molecular complexity index is 137. The topological polar surface area (TPSA) is 32.3 Å². The van der Waals surface area contributed by atoms with Crippen LogP contribution in [0.1, 0.15) is 12.8 Å². The van der Waals surface area contributed by atoms with E-state index in [0.29, 0.717) is 6.54 Å². The largest absolute Gasteiger partial charge is 0.392 e. The van der Waals surface area contributed by atoms with Crippen LogP contribution in [0.5, 0.6) is 0 Å². The third-order valence-electron chi connectivity index (χ3n) is 2.08. The van der Waals surface area contributed by atoms with Gasteiger partial charge in [0.1, 0.15) is 0 Å². The van der Waals surface area contributed by atoms with E-state index < -0.39 is 12.0 Å². The van der Waals surface area contributed by atoms with Gasteiger partial charge in [-0.25, -0.2) is 8.78 Å². The molecule has 0 spiro atoms. The van der Waals surface area contributed by atoms with Crippen molar-refractivity contribution in [2.75, 3.05) is 13.6 Å². The van der Waals surface area contributed by atoms with E-state index in [0.717, 1.165) is 0 Å². The molecule has 0 aromatic rings. The van der Waals surface area contributed by atoms with Gasteiger partial charge in [0.2, 0.25) is 5.92 Å². The lowest BCUT2D eigenvalue weighted by atomic mass is 9.77. The SMILES string of the molecule is CNCC(O)C1CC(F)(F)C1.Cl. The van der Waals surface area contributed by atoms with Gasteiger partial charge in [-0.15, -0.1) is 12.4 Å². The zero-order valence-corrected chi connectivity index (χ0v) is 7.70. The van der Waals surface area contributed by atoms with Crippen molar-refractivity contribution in [2.24, 2.45) is 5.92 Å². The Morgan fingerprint density at radius 3 is 2.42 bits per heavy atom. The van der Waals surface area contributed by atoms with Crippen molar-refractivity contribution >= 4 is 12.4 Å². The van der Waals surface area contributed by atoms with E-state index in [9.17, 15) is 13.9 Å². The fraction of sp³-hybridized carbons (Fsp3) is 1.00. The minimum Gasteiger partial charge on any atom is -0.392 e. The van der Waals surface area contributed by atoms with Crippen LogP contribution in [0.15, 0.2) is 0 Å². The fourth-order valence-corrected chi connectivity index (χ4v) is 1.36. The molecule has 0 aliphatic heterocycles. The summed E-state index contributed by atoms with van der Waals surface area (Å²) in [5.74, 6) is -2.73. The molecule has 0 bridgehead atoms. The van der Waals surface area contributed by atoms with Gasteiger partial charge in [0.15, 0.2) is 0 Å². The number of aliphatic hydroxyl groups is 1. The van der Waals surface area contributed by atoms with E-state index in [-0.39, 0.29) is 31.2 Å². The Hall–Kier alpha value is 0.0700. The lowest BCUT2D eigenvalue weighted by Gasteiger charge is -2.37. The zero-order chi connectivity index (χ0) is 8.48. The molecule has 0 saturated heterocycles. The molecule has 1 saturated carbocycles. The van der Waals surface area contributed by atoms with Gasteiger partial charge in [0.05, 0.1) is 6.10 Å². The molecule has 1 aliphatic rings. The van der Waals surface area contributed by atoms with Crippen LogP contribution < -0.4 is 5.32 Å². The van der Waals surface area contributed by atoms with Crippen molar-refractivity contribution in [1.82, 2.24) is 5.32 Å². The van der Waals surface area contributed by atoms with E-state index in [1.54, 1.807) is 7.05 Å². The Labute approximate surface area is 76.8 Å². The second kappa shape index (κ2) is 4.35. The highest BCUT2D eigenvalue weighted by Gasteiger charge is 2.47. The molecule has 1 rings (SSSR count). The molecule has 0 aromatic carbocycles. The minimum atomic E-state index is -2.51. The lowest BCUT2D eigenvalue weighted by molar-refractivity contribution is -0.140. The quantitative estimate of drug-likeness (QED) is 0.715. The Morgan fingerprint density at radius 2 is 2.08 bits per heavy atom. The highest BCUT2D eigenvalue weighted by atomic mass is 35.5. The molecule has 12 heavy (non-hydrogen) atoms. The smallest absolute Gasteiger partial charge is 0.248 e. The fourth-order valence-electron chi connectivity index (χ4n) is 1.36. The summed E-state index contributed by atoms with van der Waals surface area (Å²) in [5, 5.41) is 12.0. The maximum atomic E-state index is 12.3. The molecule has 0 aromatic heterocycles. The van der Waals surface area contributed by atoms with Crippen LogP contribution in [0.25, 0.3) is 0 Å². The Morgan fingerprint density at radius 1 is 1.58 bits per heavy atom. The van der Waals surface area contributed by atoms with Crippen molar-refractivity contribution in [2.45, 2.75) is 24.9 Å². The van der Waals surface area contributed by atoms with E-state index in [4.69, 9.17) is 0 Å². The molecule has 2 N–H and O–H groups in total. The number of nitrogens with one attached hydrogen (secondary N) is 1. The summed E-state index contributed by atoms with van der Waals surface area (Å²) < 4.78 is 24.5. The van der Waals surface area contributed by atoms with Crippen LogP contribution in [0.3, 0.4) is 0 Å². The van der Waals surface area contributed by atoms with Gasteiger partial charge in [-0.2, -0.15) is 0 Å². The number of halogens is 3. The first-order valence-electron chi connectivity index (χ1n) is 3.75. The Kier molecular flexibility index (Phi) is 4.37. The van der Waals surface area contributed by atoms with Gasteiger partial charge in [-0.3, -0.25) is 0 Å². The first kappa shape index (κ1) is 12.1. The standard InChI is InChI=1S/C7H13F2NO.ClH/c1-10-4-6(11)5-2-7(8,9)3-5;/h5-6,10-11H,2-4H2,1H3;1H. The summed E-state index contributed by atoms with van der Waals surface area (Å²) in [6.45, 7) is 0.404. The molecule has 5 heteroatoms. The number of aliphatic hydroxyl groups excluding tert-OH is 1. The molecular weight excluding hydrogens is 188 g/mol. The van der Waals surface area contributed by atoms with Crippen LogP contribution in [0.2, 0.25) is 0 Å². The van der Waals surface area contributed by atoms with Crippen LogP contribution in [-0.2, 0) is 0 Å². The summed E-state index contributed by atoms with van der Waals surface area (Å²) >= 11 is 0. The lowest BCUT2D eigenvalue weighted by Crippen LogP contribution is -2.45. The molecule has 0 heterocycles. The minimum absolute atomic E-state index is 0. The van der Waals surface area contributed by atoms with Crippen LogP contribution in [0.4, 0.5) is 8.78 Å². The normalized spacial score (nSPS) is 24.0. The summed E-state index contributed by atoms with van der Waals surface area (Å²) in [5.41, 5.74) is 0. The van der Waals surface area contributed by atoms with Gasteiger partial charge in [0, 0.05) is 19.4 Å². The summed E-state index contributed by atoms with van der Waals surface area (Å²) in [6, 6.07) is 0. The highest BCUT2D eigenvalue weighted by Crippen LogP contribution is 2.43. The number of hydrogen-bond donors (Lipinski definition) is 2. The molecule has 1 fully saturated rings. The van der Waals surface area contributed by atoms with Crippen molar-refractivity contribution in [1.29, 1.82) is 0 Å². The van der Waals surface area contributed by atoms with Gasteiger partial charge in [0.25, 0.3) is 0 Å². The molecule has 74 valence electrons. The molecule has 1 atom stereocenters. The third-order valence-corrected chi connectivity index (χ3v) is 2.08. The number of rotatable bonds is 3. The molecule has 1 aliphatic carbocycles. The van der Waals surface area contributed by atoms with Gasteiger partial charge < -0.3 is 10.4 Å². The maximum absolute atomic E-state index is 12.3. The number of hydrogen-bond acceptors (Lipinski definition) is 2. The third kappa shape index (κ3) is 2.84. The van der Waals surface area contributed by atoms with E-state index in [1.807, 2.05) is 0 Å². The predicted octanol–water partition coefficient (Wildman–Crippen LogP) is 1.03. The first-order valence-corrected chi connectivity index (χ1v) is 3.75. The predicted molar refractivity (Wildman–Crippen MR) is 44.9 cm³/mol. The van der Waals surface area contributed by atoms with Gasteiger partial charge in [-0.1, -0.05) is 0 Å². The van der Waals surface area contributed by atoms with Crippen molar-refractivity contribution in [3.05, 3.63) is 0 Å². The maximum Gasteiger partial charge on any atom is 0.248 e. The van der Waals surface area contributed by atoms with Gasteiger partial charge in [-0.05, 0) is 13.0 Å². The second-order valence-corrected chi connectivity index (χ2v) is 3.15. The Balaban J connectivity index is 0.00000121. The average Bonchev–Trinajstić information content (AvgIpc) is 1.83. The average molecular weight is 202 g/mol. The van der Waals surface area contributed by atoms with E-state index in [2.05, 4.69) is 5.32 Å². The van der Waals surface area contributed by atoms with Crippen molar-refractivity contribution in [3.63, 3.8) is 0 Å². The van der Waals surface area contributed by atoms with Gasteiger partial charge >= 0.3 is 0 Å². The van der Waals surface area contributed by atoms with E-state index in [1.165, 1.54) is 0 Å². The summed E-state index contributed by atoms with van der Waals surface area (Å²) in [6.07, 6.45) is -0.925. The zero-order valence-electron chi connectivity index (χ0n) is 6.89. The van der Waals surface area contributed by atoms with Crippen molar-refractivity contribution in [3.8, 4) is 0 Å². The molecule has 0 amide bonds. The van der Waals surface area contributed by atoms with Crippen molar-refractivity contribution < 1.29 is 13.9 Å². The monoisotopic (exact) mass is 201 g/mol. The molecule has 2 nitrogen and oxygen atoms in total. The molecule has 1 unspecified atom stereocenters. The summed E-state index contributed by atoms with van der Waals surface area (Å²) in [7, 11) is 1.69. The van der Waals surface area contributed by atoms with E-state index >= 15 is 0 Å². The highest BCUT2D eigenvalue weighted by molar-refractivity contribution is 5.85. The molecule has 0 radical (unpaired) electrons. The van der Waals surface area contributed by atoms with Crippen LogP contribution in [0, 0.1) is 5.92 Å². The van der Waals surface area contributed by atoms with Crippen LogP contribution in [-0.4, -0.2) is 30.7 Å². The molecular formula is C7H14ClF2NO. The first-order chi connectivity index (χ1) is 5.05. The van der Waals surface area contributed by atoms with Crippen LogP contribution >= 0.6 is 12.4 Å². The number of alkyl halides is 2. The summed E-state index contributed by atoms with van der Waals surface area (Å²) in [4.78, 5) is 0. The second-order valence-electron chi connectivity index (χ2n) is 3.15.